The van der Waals surface area contributed by atoms with Gasteiger partial charge in [0.2, 0.25) is 11.8 Å². The van der Waals surface area contributed by atoms with Crippen LogP contribution in [0.5, 0.6) is 0 Å². The number of aliphatic imine (C=N–C) groups is 1. The van der Waals surface area contributed by atoms with Crippen LogP contribution in [0.15, 0.2) is 53.6 Å². The van der Waals surface area contributed by atoms with E-state index in [1.807, 2.05) is 69.3 Å². The molecule has 1 spiro atoms. The first-order chi connectivity index (χ1) is 30.1. The normalized spacial score (nSPS) is 28.3. The van der Waals surface area contributed by atoms with Crippen LogP contribution in [0.1, 0.15) is 99.7 Å². The SMILES string of the molecule is Cc1nn(C2CCC(=O)NC2=O)c2cccc(CCC(=O)N3CC4(CCN(CC5CCC(n6cc(N7CC=C8N=C(N9C[C@H]%10C[C@@H]9CO%10)C=CN87)c(C(F)F)n6)CC5)CC4)C3)c12. The molecular weight excluding hydrogens is 797 g/mol. The molecule has 8 aliphatic rings. The predicted octanol–water partition coefficient (Wildman–Crippen LogP) is 5.02. The molecule has 328 valence electrons. The first-order valence-corrected chi connectivity index (χ1v) is 22.7. The minimum absolute atomic E-state index is 0.0949. The minimum Gasteiger partial charge on any atom is -0.374 e. The molecule has 0 radical (unpaired) electrons. The summed E-state index contributed by atoms with van der Waals surface area (Å²) in [6.45, 7) is 8.73. The van der Waals surface area contributed by atoms with E-state index in [1.165, 1.54) is 0 Å². The van der Waals surface area contributed by atoms with Crippen molar-refractivity contribution in [3.8, 4) is 0 Å². The highest BCUT2D eigenvalue weighted by molar-refractivity contribution is 6.00. The lowest BCUT2D eigenvalue weighted by Gasteiger charge is -2.54. The van der Waals surface area contributed by atoms with Crippen LogP contribution in [0.3, 0.4) is 0 Å². The van der Waals surface area contributed by atoms with Crippen LogP contribution < -0.4 is 10.3 Å². The molecule has 11 rings (SSSR count). The van der Waals surface area contributed by atoms with Gasteiger partial charge in [0.15, 0.2) is 11.5 Å². The van der Waals surface area contributed by atoms with E-state index in [2.05, 4.69) is 20.2 Å². The number of nitrogens with one attached hydrogen (secondary N) is 1. The number of alkyl halides is 2. The summed E-state index contributed by atoms with van der Waals surface area (Å²) in [4.78, 5) is 49.6. The van der Waals surface area contributed by atoms with Crippen LogP contribution >= 0.6 is 0 Å². The number of ether oxygens (including phenoxy) is 1. The number of piperidine rings is 2. The fourth-order valence-electron chi connectivity index (χ4n) is 11.7. The Kier molecular flexibility index (Phi) is 9.97. The van der Waals surface area contributed by atoms with Crippen LogP contribution in [0.4, 0.5) is 14.5 Å². The number of nitrogens with zero attached hydrogens (tertiary/aromatic N) is 10. The van der Waals surface area contributed by atoms with E-state index < -0.39 is 12.5 Å². The number of morpholine rings is 1. The van der Waals surface area contributed by atoms with E-state index in [0.29, 0.717) is 43.5 Å². The molecule has 9 heterocycles. The monoisotopic (exact) mass is 851 g/mol. The van der Waals surface area contributed by atoms with Crippen LogP contribution in [0.2, 0.25) is 0 Å². The molecule has 1 saturated carbocycles. The number of anilines is 1. The molecule has 1 aromatic carbocycles. The Morgan fingerprint density at radius 3 is 2.61 bits per heavy atom. The van der Waals surface area contributed by atoms with E-state index in [4.69, 9.17) is 14.8 Å². The van der Waals surface area contributed by atoms with Crippen LogP contribution in [0.25, 0.3) is 10.9 Å². The van der Waals surface area contributed by atoms with Gasteiger partial charge in [-0.25, -0.2) is 18.8 Å². The molecule has 5 saturated heterocycles. The fraction of sp³-hybridized carbons (Fsp3) is 0.600. The molecule has 3 aromatic rings. The van der Waals surface area contributed by atoms with Crippen molar-refractivity contribution in [3.63, 3.8) is 0 Å². The first kappa shape index (κ1) is 39.7. The highest BCUT2D eigenvalue weighted by Crippen LogP contribution is 2.43. The molecular formula is C45H55F2N11O4. The van der Waals surface area contributed by atoms with Gasteiger partial charge in [-0.2, -0.15) is 10.2 Å². The van der Waals surface area contributed by atoms with Crippen molar-refractivity contribution in [2.75, 3.05) is 57.4 Å². The van der Waals surface area contributed by atoms with Gasteiger partial charge in [-0.15, -0.1) is 0 Å². The number of carbonyl (C=O) groups excluding carboxylic acids is 3. The zero-order chi connectivity index (χ0) is 42.3. The van der Waals surface area contributed by atoms with Crippen molar-refractivity contribution in [2.24, 2.45) is 16.3 Å². The van der Waals surface area contributed by atoms with Crippen molar-refractivity contribution < 1.29 is 27.9 Å². The van der Waals surface area contributed by atoms with Gasteiger partial charge < -0.3 is 19.4 Å². The Hall–Kier alpha value is -5.16. The number of hydrogen-bond acceptors (Lipinski definition) is 11. The van der Waals surface area contributed by atoms with E-state index >= 15 is 0 Å². The van der Waals surface area contributed by atoms with E-state index in [-0.39, 0.29) is 47.4 Å². The Balaban J connectivity index is 0.639. The fourth-order valence-corrected chi connectivity index (χ4v) is 11.7. The second kappa shape index (κ2) is 15.6. The maximum atomic E-state index is 14.5. The molecule has 6 fully saturated rings. The lowest BCUT2D eigenvalue weighted by molar-refractivity contribution is -0.147. The van der Waals surface area contributed by atoms with Crippen LogP contribution in [-0.4, -0.2) is 127 Å². The Morgan fingerprint density at radius 2 is 1.87 bits per heavy atom. The topological polar surface area (TPSA) is 137 Å². The summed E-state index contributed by atoms with van der Waals surface area (Å²) in [5.41, 5.74) is 3.19. The average Bonchev–Trinajstić information content (AvgIpc) is 4.12. The number of hydrazine groups is 1. The zero-order valence-electron chi connectivity index (χ0n) is 35.3. The van der Waals surface area contributed by atoms with E-state index in [1.54, 1.807) is 4.68 Å². The standard InChI is InChI=1S/C45H55F2N11O4/c1-28-41-30(3-2-4-34(41)58(50-28)35-10-11-39(59)49-44(35)61)7-12-40(60)53-26-45(27-53)15-19-52(20-16-45)22-29-5-8-31(9-6-29)55-24-36(42(51-55)43(46)47)56-17-14-38-48-37(13-18-57(38)56)54-23-33-21-32(54)25-62-33/h2-4,13-14,18,24,29,31-33,35,43H,5-12,15-17,19-23,25-27H2,1H3,(H,49,59,61)/t29?,31?,32-,33-,35?/m1/s1. The summed E-state index contributed by atoms with van der Waals surface area (Å²) >= 11 is 0. The number of rotatable bonds is 9. The number of aromatic nitrogens is 4. The molecule has 2 bridgehead atoms. The Labute approximate surface area is 359 Å². The molecule has 1 N–H and O–H groups in total. The Morgan fingerprint density at radius 1 is 1.05 bits per heavy atom. The summed E-state index contributed by atoms with van der Waals surface area (Å²) in [6, 6.07) is 5.88. The number of benzene rings is 1. The summed E-state index contributed by atoms with van der Waals surface area (Å²) in [6.07, 6.45) is 14.2. The molecule has 3 atom stereocenters. The van der Waals surface area contributed by atoms with Crippen molar-refractivity contribution >= 4 is 40.1 Å². The number of halogens is 2. The third kappa shape index (κ3) is 7.08. The largest absolute Gasteiger partial charge is 0.374 e. The molecule has 3 amide bonds. The minimum atomic E-state index is -2.68. The highest BCUT2D eigenvalue weighted by Gasteiger charge is 2.47. The Bertz CT molecular complexity index is 2370. The van der Waals surface area contributed by atoms with Gasteiger partial charge in [0, 0.05) is 56.0 Å². The van der Waals surface area contributed by atoms with Crippen molar-refractivity contribution in [1.29, 1.82) is 0 Å². The van der Waals surface area contributed by atoms with Gasteiger partial charge in [-0.3, -0.25) is 34.1 Å². The highest BCUT2D eigenvalue weighted by atomic mass is 19.3. The maximum absolute atomic E-state index is 14.5. The number of fused-ring (bicyclic) bond motifs is 4. The average molecular weight is 852 g/mol. The number of amides is 3. The maximum Gasteiger partial charge on any atom is 0.284 e. The summed E-state index contributed by atoms with van der Waals surface area (Å²) in [7, 11) is 0. The second-order valence-electron chi connectivity index (χ2n) is 19.0. The number of likely N-dealkylation sites (tertiary alicyclic amines) is 3. The number of amidine groups is 1. The third-order valence-corrected chi connectivity index (χ3v) is 15.1. The van der Waals surface area contributed by atoms with Crippen LogP contribution in [-0.2, 0) is 25.5 Å². The lowest BCUT2D eigenvalue weighted by Crippen LogP contribution is -2.62. The summed E-state index contributed by atoms with van der Waals surface area (Å²) in [5, 5.41) is 16.4. The molecule has 1 unspecified atom stereocenters. The van der Waals surface area contributed by atoms with E-state index in [9.17, 15) is 23.2 Å². The molecule has 15 nitrogen and oxygen atoms in total. The molecule has 2 aromatic heterocycles. The van der Waals surface area contributed by atoms with E-state index in [0.717, 1.165) is 125 Å². The van der Waals surface area contributed by atoms with Gasteiger partial charge in [-0.05, 0) is 108 Å². The molecule has 17 heteroatoms. The van der Waals surface area contributed by atoms with Crippen molar-refractivity contribution in [3.05, 3.63) is 65.5 Å². The van der Waals surface area contributed by atoms with Gasteiger partial charge in [0.1, 0.15) is 17.6 Å². The second-order valence-corrected chi connectivity index (χ2v) is 19.0. The first-order valence-electron chi connectivity index (χ1n) is 22.7. The predicted molar refractivity (Wildman–Crippen MR) is 226 cm³/mol. The van der Waals surface area contributed by atoms with Crippen molar-refractivity contribution in [2.45, 2.75) is 108 Å². The molecule has 62 heavy (non-hydrogen) atoms. The summed E-state index contributed by atoms with van der Waals surface area (Å²) < 4.78 is 38.3. The van der Waals surface area contributed by atoms with Gasteiger partial charge in [-0.1, -0.05) is 12.1 Å². The van der Waals surface area contributed by atoms with Gasteiger partial charge in [0.25, 0.3) is 12.3 Å². The molecule has 1 aliphatic carbocycles. The summed E-state index contributed by atoms with van der Waals surface area (Å²) in [5.74, 6) is 1.84. The smallest absolute Gasteiger partial charge is 0.284 e. The quantitative estimate of drug-likeness (QED) is 0.293. The molecule has 7 aliphatic heterocycles. The lowest BCUT2D eigenvalue weighted by atomic mass is 9.71. The van der Waals surface area contributed by atoms with Crippen molar-refractivity contribution in [1.82, 2.24) is 44.6 Å². The van der Waals surface area contributed by atoms with Crippen LogP contribution in [0, 0.1) is 18.3 Å². The number of imide groups is 1. The zero-order valence-corrected chi connectivity index (χ0v) is 35.3. The number of hydrogen-bond donors (Lipinski definition) is 1. The number of aryl methyl sites for hydroxylation is 2. The van der Waals surface area contributed by atoms with Gasteiger partial charge in [0.05, 0.1) is 48.7 Å². The third-order valence-electron chi connectivity index (χ3n) is 15.1. The van der Waals surface area contributed by atoms with Gasteiger partial charge >= 0.3 is 0 Å². The number of carbonyl (C=O) groups is 3.